The fourth-order valence-electron chi connectivity index (χ4n) is 2.80. The zero-order valence-electron chi connectivity index (χ0n) is 12.6. The van der Waals surface area contributed by atoms with Gasteiger partial charge in [-0.05, 0) is 24.2 Å². The van der Waals surface area contributed by atoms with Gasteiger partial charge in [-0.1, -0.05) is 13.0 Å². The van der Waals surface area contributed by atoms with Crippen molar-refractivity contribution in [2.75, 3.05) is 32.7 Å². The number of nitrogens with zero attached hydrogens (tertiary/aromatic N) is 3. The highest BCUT2D eigenvalue weighted by molar-refractivity contribution is 5.81. The monoisotopic (exact) mass is 287 g/mol. The Balaban J connectivity index is 1.65. The fourth-order valence-corrected chi connectivity index (χ4v) is 2.80. The van der Waals surface area contributed by atoms with E-state index in [1.807, 2.05) is 30.0 Å². The predicted octanol–water partition coefficient (Wildman–Crippen LogP) is 1.84. The molecule has 0 atom stereocenters. The first-order valence-electron chi connectivity index (χ1n) is 7.52. The quantitative estimate of drug-likeness (QED) is 0.864. The number of carbonyl (C=O) groups is 1. The Kier molecular flexibility index (Phi) is 3.92. The van der Waals surface area contributed by atoms with Gasteiger partial charge in [-0.15, -0.1) is 0 Å². The molecule has 0 N–H and O–H groups in total. The average molecular weight is 287 g/mol. The number of hydrogen-bond acceptors (Lipinski definition) is 4. The van der Waals surface area contributed by atoms with Crippen LogP contribution in [0.25, 0.3) is 11.1 Å². The van der Waals surface area contributed by atoms with E-state index >= 15 is 0 Å². The molecule has 5 heteroatoms. The number of amides is 1. The van der Waals surface area contributed by atoms with E-state index in [1.54, 1.807) is 0 Å². The van der Waals surface area contributed by atoms with Crippen LogP contribution >= 0.6 is 0 Å². The molecule has 5 nitrogen and oxygen atoms in total. The number of piperazine rings is 1. The van der Waals surface area contributed by atoms with Gasteiger partial charge >= 0.3 is 0 Å². The van der Waals surface area contributed by atoms with E-state index in [0.29, 0.717) is 12.3 Å². The summed E-state index contributed by atoms with van der Waals surface area (Å²) < 4.78 is 5.46. The van der Waals surface area contributed by atoms with E-state index in [-0.39, 0.29) is 5.91 Å². The van der Waals surface area contributed by atoms with Crippen molar-refractivity contribution >= 4 is 17.0 Å². The first-order chi connectivity index (χ1) is 10.2. The fraction of sp³-hybridized carbons (Fsp3) is 0.500. The highest BCUT2D eigenvalue weighted by Gasteiger charge is 2.20. The average Bonchev–Trinajstić information content (AvgIpc) is 2.86. The second-order valence-electron chi connectivity index (χ2n) is 5.53. The third-order valence-corrected chi connectivity index (χ3v) is 4.09. The number of oxazole rings is 1. The van der Waals surface area contributed by atoms with E-state index in [2.05, 4.69) is 16.8 Å². The van der Waals surface area contributed by atoms with Gasteiger partial charge in [0.2, 0.25) is 5.91 Å². The Hall–Kier alpha value is -1.88. The number of benzene rings is 1. The number of aromatic nitrogens is 1. The van der Waals surface area contributed by atoms with E-state index in [0.717, 1.165) is 49.4 Å². The number of rotatable bonds is 3. The van der Waals surface area contributed by atoms with E-state index < -0.39 is 0 Å². The van der Waals surface area contributed by atoms with Crippen LogP contribution in [0.15, 0.2) is 22.6 Å². The number of carbonyl (C=O) groups excluding carboxylic acids is 1. The maximum atomic E-state index is 12.4. The van der Waals surface area contributed by atoms with Crippen LogP contribution in [0, 0.1) is 6.92 Å². The van der Waals surface area contributed by atoms with Gasteiger partial charge in [0.1, 0.15) is 5.52 Å². The van der Waals surface area contributed by atoms with Crippen molar-refractivity contribution in [1.29, 1.82) is 0 Å². The molecule has 0 saturated carbocycles. The van der Waals surface area contributed by atoms with Crippen LogP contribution in [0.3, 0.4) is 0 Å². The molecule has 21 heavy (non-hydrogen) atoms. The highest BCUT2D eigenvalue weighted by atomic mass is 16.3. The lowest BCUT2D eigenvalue weighted by molar-refractivity contribution is -0.132. The second kappa shape index (κ2) is 5.85. The number of hydrogen-bond donors (Lipinski definition) is 0. The SMILES string of the molecule is CCN1CCN(C(=O)Cc2ccc3oc(C)nc3c2)CC1. The van der Waals surface area contributed by atoms with Crippen molar-refractivity contribution in [1.82, 2.24) is 14.8 Å². The van der Waals surface area contributed by atoms with Crippen molar-refractivity contribution in [3.05, 3.63) is 29.7 Å². The largest absolute Gasteiger partial charge is 0.441 e. The molecule has 1 aromatic heterocycles. The zero-order chi connectivity index (χ0) is 14.8. The van der Waals surface area contributed by atoms with Crippen LogP contribution in [0.5, 0.6) is 0 Å². The Bertz CT molecular complexity index is 642. The normalized spacial score (nSPS) is 16.6. The lowest BCUT2D eigenvalue weighted by Gasteiger charge is -2.34. The van der Waals surface area contributed by atoms with Gasteiger partial charge in [-0.2, -0.15) is 0 Å². The minimum Gasteiger partial charge on any atom is -0.441 e. The molecule has 1 aliphatic rings. The third-order valence-electron chi connectivity index (χ3n) is 4.09. The molecule has 0 aliphatic carbocycles. The van der Waals surface area contributed by atoms with E-state index in [4.69, 9.17) is 4.42 Å². The van der Waals surface area contributed by atoms with Gasteiger partial charge in [-0.3, -0.25) is 4.79 Å². The van der Waals surface area contributed by atoms with Crippen molar-refractivity contribution < 1.29 is 9.21 Å². The third kappa shape index (κ3) is 3.08. The van der Waals surface area contributed by atoms with Gasteiger partial charge in [0, 0.05) is 33.1 Å². The summed E-state index contributed by atoms with van der Waals surface area (Å²) in [4.78, 5) is 21.0. The molecule has 0 radical (unpaired) electrons. The molecule has 2 aromatic rings. The van der Waals surface area contributed by atoms with Crippen molar-refractivity contribution in [3.8, 4) is 0 Å². The summed E-state index contributed by atoms with van der Waals surface area (Å²) in [6.45, 7) is 8.67. The Morgan fingerprint density at radius 1 is 1.29 bits per heavy atom. The summed E-state index contributed by atoms with van der Waals surface area (Å²) in [5.41, 5.74) is 2.60. The van der Waals surface area contributed by atoms with Gasteiger partial charge in [-0.25, -0.2) is 4.98 Å². The summed E-state index contributed by atoms with van der Waals surface area (Å²) in [6.07, 6.45) is 0.438. The van der Waals surface area contributed by atoms with Crippen LogP contribution in [0.1, 0.15) is 18.4 Å². The minimum atomic E-state index is 0.199. The van der Waals surface area contributed by atoms with Crippen molar-refractivity contribution in [3.63, 3.8) is 0 Å². The number of aryl methyl sites for hydroxylation is 1. The summed E-state index contributed by atoms with van der Waals surface area (Å²) >= 11 is 0. The van der Waals surface area contributed by atoms with Crippen LogP contribution in [-0.2, 0) is 11.2 Å². The molecule has 0 bridgehead atoms. The Morgan fingerprint density at radius 2 is 2.05 bits per heavy atom. The van der Waals surface area contributed by atoms with E-state index in [1.165, 1.54) is 0 Å². The summed E-state index contributed by atoms with van der Waals surface area (Å²) in [6, 6.07) is 5.80. The molecule has 2 heterocycles. The predicted molar refractivity (Wildman–Crippen MR) is 81.1 cm³/mol. The summed E-state index contributed by atoms with van der Waals surface area (Å²) in [5, 5.41) is 0. The maximum Gasteiger partial charge on any atom is 0.227 e. The van der Waals surface area contributed by atoms with Crippen molar-refractivity contribution in [2.24, 2.45) is 0 Å². The first kappa shape index (κ1) is 14.1. The molecule has 3 rings (SSSR count). The van der Waals surface area contributed by atoms with Crippen molar-refractivity contribution in [2.45, 2.75) is 20.3 Å². The highest BCUT2D eigenvalue weighted by Crippen LogP contribution is 2.17. The standard InChI is InChI=1S/C16H21N3O2/c1-3-18-6-8-19(9-7-18)16(20)11-13-4-5-15-14(10-13)17-12(2)21-15/h4-5,10H,3,6-9,11H2,1-2H3. The molecular weight excluding hydrogens is 266 g/mol. The minimum absolute atomic E-state index is 0.199. The smallest absolute Gasteiger partial charge is 0.227 e. The topological polar surface area (TPSA) is 49.6 Å². The molecule has 1 amide bonds. The molecule has 1 fully saturated rings. The van der Waals surface area contributed by atoms with Crippen LogP contribution in [0.4, 0.5) is 0 Å². The zero-order valence-corrected chi connectivity index (χ0v) is 12.6. The molecule has 112 valence electrons. The molecule has 1 saturated heterocycles. The molecular formula is C16H21N3O2. The summed E-state index contributed by atoms with van der Waals surface area (Å²) in [5.74, 6) is 0.856. The van der Waals surface area contributed by atoms with Crippen LogP contribution < -0.4 is 0 Å². The lowest BCUT2D eigenvalue weighted by atomic mass is 10.1. The van der Waals surface area contributed by atoms with Crippen LogP contribution in [0.2, 0.25) is 0 Å². The number of likely N-dealkylation sites (N-methyl/N-ethyl adjacent to an activating group) is 1. The second-order valence-corrected chi connectivity index (χ2v) is 5.53. The first-order valence-corrected chi connectivity index (χ1v) is 7.52. The summed E-state index contributed by atoms with van der Waals surface area (Å²) in [7, 11) is 0. The Labute approximate surface area is 124 Å². The molecule has 1 aliphatic heterocycles. The Morgan fingerprint density at radius 3 is 2.76 bits per heavy atom. The van der Waals surface area contributed by atoms with Crippen LogP contribution in [-0.4, -0.2) is 53.4 Å². The molecule has 1 aromatic carbocycles. The van der Waals surface area contributed by atoms with E-state index in [9.17, 15) is 4.79 Å². The van der Waals surface area contributed by atoms with Gasteiger partial charge < -0.3 is 14.2 Å². The van der Waals surface area contributed by atoms with Gasteiger partial charge in [0.15, 0.2) is 11.5 Å². The molecule has 0 unspecified atom stereocenters. The lowest BCUT2D eigenvalue weighted by Crippen LogP contribution is -2.48. The number of fused-ring (bicyclic) bond motifs is 1. The van der Waals surface area contributed by atoms with Gasteiger partial charge in [0.25, 0.3) is 0 Å². The van der Waals surface area contributed by atoms with Gasteiger partial charge in [0.05, 0.1) is 6.42 Å². The maximum absolute atomic E-state index is 12.4. The molecule has 0 spiro atoms.